The van der Waals surface area contributed by atoms with E-state index in [4.69, 9.17) is 4.74 Å². The number of morpholine rings is 1. The maximum absolute atomic E-state index is 13.6. The SMILES string of the molecule is CSc1ccc(NC(=O)N(CCN2CCOCC2)CC(=O)N(Cc2ccc(F)cc2)Cc2cccs2)cc1. The fraction of sp³-hybridized carbons (Fsp3) is 0.357. The summed E-state index contributed by atoms with van der Waals surface area (Å²) >= 11 is 3.21. The molecule has 0 aliphatic carbocycles. The highest BCUT2D eigenvalue weighted by Gasteiger charge is 2.23. The number of nitrogens with zero attached hydrogens (tertiary/aromatic N) is 3. The minimum atomic E-state index is -0.318. The summed E-state index contributed by atoms with van der Waals surface area (Å²) in [5, 5.41) is 4.92. The summed E-state index contributed by atoms with van der Waals surface area (Å²) in [6.07, 6.45) is 2.00. The molecule has 202 valence electrons. The van der Waals surface area contributed by atoms with E-state index in [0.29, 0.717) is 45.1 Å². The lowest BCUT2D eigenvalue weighted by Crippen LogP contribution is -2.48. The lowest BCUT2D eigenvalue weighted by atomic mass is 10.2. The zero-order valence-electron chi connectivity index (χ0n) is 21.5. The van der Waals surface area contributed by atoms with Crippen molar-refractivity contribution >= 4 is 40.7 Å². The van der Waals surface area contributed by atoms with Crippen molar-refractivity contribution in [1.82, 2.24) is 14.7 Å². The van der Waals surface area contributed by atoms with Crippen LogP contribution in [0.3, 0.4) is 0 Å². The lowest BCUT2D eigenvalue weighted by molar-refractivity contribution is -0.133. The number of thiophene rings is 1. The van der Waals surface area contributed by atoms with E-state index < -0.39 is 0 Å². The third-order valence-corrected chi connectivity index (χ3v) is 7.92. The monoisotopic (exact) mass is 556 g/mol. The van der Waals surface area contributed by atoms with Crippen molar-refractivity contribution in [3.63, 3.8) is 0 Å². The van der Waals surface area contributed by atoms with Gasteiger partial charge in [-0.1, -0.05) is 18.2 Å². The van der Waals surface area contributed by atoms with Crippen molar-refractivity contribution in [2.45, 2.75) is 18.0 Å². The molecular formula is C28H33FN4O3S2. The van der Waals surface area contributed by atoms with Crippen LogP contribution in [0.2, 0.25) is 0 Å². The van der Waals surface area contributed by atoms with E-state index in [1.807, 2.05) is 48.0 Å². The van der Waals surface area contributed by atoms with Gasteiger partial charge < -0.3 is 19.9 Å². The fourth-order valence-electron chi connectivity index (χ4n) is 4.11. The summed E-state index contributed by atoms with van der Waals surface area (Å²) in [7, 11) is 0. The molecule has 3 aromatic rings. The number of nitrogens with one attached hydrogen (secondary N) is 1. The maximum Gasteiger partial charge on any atom is 0.322 e. The first kappa shape index (κ1) is 28.1. The van der Waals surface area contributed by atoms with Gasteiger partial charge in [-0.15, -0.1) is 23.1 Å². The van der Waals surface area contributed by atoms with Gasteiger partial charge in [-0.2, -0.15) is 0 Å². The molecule has 2 aromatic carbocycles. The van der Waals surface area contributed by atoms with Crippen LogP contribution < -0.4 is 5.32 Å². The zero-order chi connectivity index (χ0) is 26.7. The molecule has 7 nitrogen and oxygen atoms in total. The summed E-state index contributed by atoms with van der Waals surface area (Å²) in [5.41, 5.74) is 1.51. The van der Waals surface area contributed by atoms with E-state index in [2.05, 4.69) is 10.2 Å². The van der Waals surface area contributed by atoms with Crippen LogP contribution >= 0.6 is 23.1 Å². The normalized spacial score (nSPS) is 13.7. The average Bonchev–Trinajstić information content (AvgIpc) is 3.46. The molecule has 1 saturated heterocycles. The molecular weight excluding hydrogens is 523 g/mol. The fourth-order valence-corrected chi connectivity index (χ4v) is 5.24. The van der Waals surface area contributed by atoms with Crippen LogP contribution in [-0.4, -0.2) is 78.8 Å². The van der Waals surface area contributed by atoms with Crippen LogP contribution in [-0.2, 0) is 22.6 Å². The second-order valence-corrected chi connectivity index (χ2v) is 10.9. The first-order valence-corrected chi connectivity index (χ1v) is 14.7. The molecule has 0 bridgehead atoms. The molecule has 1 fully saturated rings. The molecule has 1 aliphatic heterocycles. The number of ether oxygens (including phenoxy) is 1. The first-order chi connectivity index (χ1) is 18.5. The number of halogens is 1. The van der Waals surface area contributed by atoms with Gasteiger partial charge in [-0.05, 0) is 59.7 Å². The zero-order valence-corrected chi connectivity index (χ0v) is 23.1. The molecule has 2 heterocycles. The first-order valence-electron chi connectivity index (χ1n) is 12.5. The summed E-state index contributed by atoms with van der Waals surface area (Å²) < 4.78 is 18.9. The molecule has 0 spiro atoms. The molecule has 3 amide bonds. The number of carbonyl (C=O) groups is 2. The van der Waals surface area contributed by atoms with Gasteiger partial charge >= 0.3 is 6.03 Å². The van der Waals surface area contributed by atoms with Gasteiger partial charge in [-0.3, -0.25) is 9.69 Å². The highest BCUT2D eigenvalue weighted by molar-refractivity contribution is 7.98. The summed E-state index contributed by atoms with van der Waals surface area (Å²) in [6, 6.07) is 17.4. The van der Waals surface area contributed by atoms with Gasteiger partial charge in [0.1, 0.15) is 12.4 Å². The number of hydrogen-bond donors (Lipinski definition) is 1. The van der Waals surface area contributed by atoms with Crippen molar-refractivity contribution < 1.29 is 18.7 Å². The van der Waals surface area contributed by atoms with Crippen LogP contribution in [0, 0.1) is 5.82 Å². The highest BCUT2D eigenvalue weighted by Crippen LogP contribution is 2.19. The topological polar surface area (TPSA) is 65.1 Å². The van der Waals surface area contributed by atoms with Gasteiger partial charge in [0.25, 0.3) is 0 Å². The summed E-state index contributed by atoms with van der Waals surface area (Å²) in [6.45, 7) is 4.67. The molecule has 0 saturated carbocycles. The van der Waals surface area contributed by atoms with Crippen molar-refractivity contribution in [3.8, 4) is 0 Å². The summed E-state index contributed by atoms with van der Waals surface area (Å²) in [5.74, 6) is -0.487. The number of anilines is 1. The molecule has 1 aromatic heterocycles. The predicted molar refractivity (Wildman–Crippen MR) is 151 cm³/mol. The van der Waals surface area contributed by atoms with Crippen LogP contribution in [0.1, 0.15) is 10.4 Å². The van der Waals surface area contributed by atoms with Gasteiger partial charge in [0, 0.05) is 48.2 Å². The third-order valence-electron chi connectivity index (χ3n) is 6.31. The number of rotatable bonds is 11. The molecule has 0 unspecified atom stereocenters. The van der Waals surface area contributed by atoms with E-state index in [-0.39, 0.29) is 24.3 Å². The Hall–Kier alpha value is -2.92. The van der Waals surface area contributed by atoms with E-state index in [0.717, 1.165) is 28.4 Å². The van der Waals surface area contributed by atoms with Crippen molar-refractivity contribution in [3.05, 3.63) is 82.3 Å². The molecule has 0 atom stereocenters. The maximum atomic E-state index is 13.6. The average molecular weight is 557 g/mol. The molecule has 4 rings (SSSR count). The second kappa shape index (κ2) is 14.3. The Kier molecular flexibility index (Phi) is 10.6. The minimum Gasteiger partial charge on any atom is -0.379 e. The number of hydrogen-bond acceptors (Lipinski definition) is 6. The standard InChI is InChI=1S/C28H33FN4O3S2/c1-37-25-10-8-24(9-11-25)30-28(35)32(13-12-31-14-16-36-17-15-31)21-27(34)33(20-26-3-2-18-38-26)19-22-4-6-23(29)7-5-22/h2-11,18H,12-17,19-21H2,1H3,(H,30,35). The Balaban J connectivity index is 1.48. The highest BCUT2D eigenvalue weighted by atomic mass is 32.2. The van der Waals surface area contributed by atoms with Crippen molar-refractivity contribution in [1.29, 1.82) is 0 Å². The van der Waals surface area contributed by atoms with E-state index in [9.17, 15) is 14.0 Å². The van der Waals surface area contributed by atoms with E-state index >= 15 is 0 Å². The Bertz CT molecular complexity index is 1150. The number of carbonyl (C=O) groups excluding carboxylic acids is 2. The quantitative estimate of drug-likeness (QED) is 0.337. The Labute approximate surface area is 231 Å². The number of amides is 3. The van der Waals surface area contributed by atoms with Crippen LogP contribution in [0.5, 0.6) is 0 Å². The molecule has 38 heavy (non-hydrogen) atoms. The van der Waals surface area contributed by atoms with Crippen LogP contribution in [0.25, 0.3) is 0 Å². The smallest absolute Gasteiger partial charge is 0.322 e. The van der Waals surface area contributed by atoms with E-state index in [1.165, 1.54) is 12.1 Å². The predicted octanol–water partition coefficient (Wildman–Crippen LogP) is 5.00. The van der Waals surface area contributed by atoms with Gasteiger partial charge in [0.05, 0.1) is 19.8 Å². The number of urea groups is 1. The Morgan fingerprint density at radius 2 is 1.76 bits per heavy atom. The second-order valence-electron chi connectivity index (χ2n) is 8.99. The molecule has 0 radical (unpaired) electrons. The molecule has 1 N–H and O–H groups in total. The largest absolute Gasteiger partial charge is 0.379 e. The third kappa shape index (κ3) is 8.56. The molecule has 1 aliphatic rings. The van der Waals surface area contributed by atoms with Gasteiger partial charge in [0.2, 0.25) is 5.91 Å². The summed E-state index contributed by atoms with van der Waals surface area (Å²) in [4.78, 5) is 34.7. The number of thioether (sulfide) groups is 1. The van der Waals surface area contributed by atoms with Crippen molar-refractivity contribution in [2.75, 3.05) is 57.5 Å². The molecule has 10 heteroatoms. The van der Waals surface area contributed by atoms with Gasteiger partial charge in [-0.25, -0.2) is 9.18 Å². The Morgan fingerprint density at radius 1 is 1.03 bits per heavy atom. The lowest BCUT2D eigenvalue weighted by Gasteiger charge is -2.31. The van der Waals surface area contributed by atoms with Crippen molar-refractivity contribution in [2.24, 2.45) is 0 Å². The minimum absolute atomic E-state index is 0.0639. The van der Waals surface area contributed by atoms with E-state index in [1.54, 1.807) is 45.0 Å². The van der Waals surface area contributed by atoms with Crippen LogP contribution in [0.4, 0.5) is 14.9 Å². The Morgan fingerprint density at radius 3 is 2.42 bits per heavy atom. The van der Waals surface area contributed by atoms with Crippen LogP contribution in [0.15, 0.2) is 70.9 Å². The number of benzene rings is 2. The van der Waals surface area contributed by atoms with Gasteiger partial charge in [0.15, 0.2) is 0 Å².